The maximum atomic E-state index is 4.68. The Hall–Kier alpha value is -4.06. The van der Waals surface area contributed by atoms with E-state index in [0.717, 1.165) is 75.9 Å². The van der Waals surface area contributed by atoms with E-state index in [-0.39, 0.29) is 0 Å². The number of nitrogens with zero attached hydrogens (tertiary/aromatic N) is 3. The molecule has 0 bridgehead atoms. The largest absolute Gasteiger partial charge is 0.388 e. The van der Waals surface area contributed by atoms with Gasteiger partial charge in [-0.05, 0) is 68.9 Å². The molecule has 6 heteroatoms. The minimum absolute atomic E-state index is 0.713. The van der Waals surface area contributed by atoms with Crippen LogP contribution in [0.15, 0.2) is 97.4 Å². The van der Waals surface area contributed by atoms with Gasteiger partial charge in [0.25, 0.3) is 0 Å². The van der Waals surface area contributed by atoms with E-state index < -0.39 is 0 Å². The number of allylic oxidation sites excluding steroid dienone is 6. The summed E-state index contributed by atoms with van der Waals surface area (Å²) >= 11 is 0. The van der Waals surface area contributed by atoms with Gasteiger partial charge in [-0.25, -0.2) is 4.98 Å². The number of pyridine rings is 2. The Morgan fingerprint density at radius 2 is 1.82 bits per heavy atom. The standard InChI is InChI=1S/C32H42N6/c1-9-23(4)36-28-19-27(20-34-21-28)22(3)18-29(30(10-2)33-8)24(5)26(7)37-31-14-15-35-32(25(31)6)38-16-12-11-13-17-38/h10,14-15,18-21,33,36H,3-5,7,9,11-13,16-17H2,1-2,6,8H3,(H,35,37)/b29-18-,30-10+. The molecule has 1 fully saturated rings. The molecular formula is C32H42N6. The van der Waals surface area contributed by atoms with Gasteiger partial charge in [0.1, 0.15) is 5.82 Å². The van der Waals surface area contributed by atoms with Gasteiger partial charge in [0.05, 0.1) is 11.9 Å². The van der Waals surface area contributed by atoms with Crippen molar-refractivity contribution in [2.24, 2.45) is 0 Å². The smallest absolute Gasteiger partial charge is 0.133 e. The predicted molar refractivity (Wildman–Crippen MR) is 164 cm³/mol. The first-order chi connectivity index (χ1) is 18.3. The van der Waals surface area contributed by atoms with Crippen LogP contribution in [0.5, 0.6) is 0 Å². The first kappa shape index (κ1) is 28.5. The lowest BCUT2D eigenvalue weighted by atomic mass is 9.96. The zero-order valence-electron chi connectivity index (χ0n) is 23.5. The highest BCUT2D eigenvalue weighted by Crippen LogP contribution is 2.31. The summed E-state index contributed by atoms with van der Waals surface area (Å²) in [4.78, 5) is 11.5. The Labute approximate surface area is 228 Å². The molecule has 1 saturated heterocycles. The Morgan fingerprint density at radius 3 is 2.47 bits per heavy atom. The second kappa shape index (κ2) is 13.5. The van der Waals surface area contributed by atoms with Crippen molar-refractivity contribution in [3.8, 4) is 0 Å². The van der Waals surface area contributed by atoms with Crippen molar-refractivity contribution in [1.82, 2.24) is 15.3 Å². The molecule has 0 aliphatic carbocycles. The Morgan fingerprint density at radius 1 is 1.08 bits per heavy atom. The number of rotatable bonds is 12. The van der Waals surface area contributed by atoms with Crippen molar-refractivity contribution in [3.63, 3.8) is 0 Å². The number of nitrogens with one attached hydrogen (secondary N) is 3. The third kappa shape index (κ3) is 7.03. The van der Waals surface area contributed by atoms with Gasteiger partial charge in [0.2, 0.25) is 0 Å². The van der Waals surface area contributed by atoms with Gasteiger partial charge in [0.15, 0.2) is 0 Å². The quantitative estimate of drug-likeness (QED) is 0.259. The van der Waals surface area contributed by atoms with Gasteiger partial charge in [-0.1, -0.05) is 39.3 Å². The van der Waals surface area contributed by atoms with Gasteiger partial charge in [-0.3, -0.25) is 4.98 Å². The molecule has 6 nitrogen and oxygen atoms in total. The minimum atomic E-state index is 0.713. The average molecular weight is 511 g/mol. The van der Waals surface area contributed by atoms with Crippen molar-refractivity contribution >= 4 is 22.8 Å². The Kier molecular flexibility index (Phi) is 10.1. The SMILES string of the molecule is C=C(CC)Nc1cncc(C(=C)/C=C(C(=C)C(=C)Nc2ccnc(N3CCCCC3)c2C)\C(=C/C)NC)c1. The zero-order valence-corrected chi connectivity index (χ0v) is 23.5. The third-order valence-electron chi connectivity index (χ3n) is 6.83. The maximum absolute atomic E-state index is 4.68. The molecule has 0 unspecified atom stereocenters. The van der Waals surface area contributed by atoms with Crippen molar-refractivity contribution in [1.29, 1.82) is 0 Å². The van der Waals surface area contributed by atoms with Crippen LogP contribution in [0, 0.1) is 6.92 Å². The second-order valence-electron chi connectivity index (χ2n) is 9.52. The van der Waals surface area contributed by atoms with Gasteiger partial charge < -0.3 is 20.9 Å². The lowest BCUT2D eigenvalue weighted by Crippen LogP contribution is -2.30. The summed E-state index contributed by atoms with van der Waals surface area (Å²) in [7, 11) is 1.90. The lowest BCUT2D eigenvalue weighted by molar-refractivity contribution is 0.572. The van der Waals surface area contributed by atoms with Crippen LogP contribution in [-0.4, -0.2) is 30.1 Å². The molecule has 0 spiro atoms. The van der Waals surface area contributed by atoms with E-state index in [1.807, 2.05) is 50.6 Å². The van der Waals surface area contributed by atoms with E-state index in [4.69, 9.17) is 0 Å². The highest BCUT2D eigenvalue weighted by atomic mass is 15.2. The van der Waals surface area contributed by atoms with Crippen LogP contribution >= 0.6 is 0 Å². The van der Waals surface area contributed by atoms with Crippen LogP contribution in [0.4, 0.5) is 17.2 Å². The molecule has 3 heterocycles. The van der Waals surface area contributed by atoms with Crippen LogP contribution in [0.1, 0.15) is 50.7 Å². The maximum Gasteiger partial charge on any atom is 0.133 e. The summed E-state index contributed by atoms with van der Waals surface area (Å²) in [5.74, 6) is 1.04. The highest BCUT2D eigenvalue weighted by molar-refractivity contribution is 5.78. The van der Waals surface area contributed by atoms with Crippen molar-refractivity contribution in [3.05, 3.63) is 109 Å². The molecule has 0 radical (unpaired) electrons. The average Bonchev–Trinajstić information content (AvgIpc) is 2.94. The van der Waals surface area contributed by atoms with Crippen molar-refractivity contribution < 1.29 is 0 Å². The number of hydrogen-bond acceptors (Lipinski definition) is 6. The summed E-state index contributed by atoms with van der Waals surface area (Å²) in [6, 6.07) is 4.02. The topological polar surface area (TPSA) is 65.1 Å². The van der Waals surface area contributed by atoms with Crippen LogP contribution in [0.2, 0.25) is 0 Å². The van der Waals surface area contributed by atoms with Gasteiger partial charge in [-0.2, -0.15) is 0 Å². The number of likely N-dealkylation sites (N-methyl/N-ethyl adjacent to an activating group) is 1. The molecule has 0 atom stereocenters. The van der Waals surface area contributed by atoms with E-state index in [1.165, 1.54) is 19.3 Å². The molecule has 0 amide bonds. The molecule has 3 rings (SSSR count). The lowest BCUT2D eigenvalue weighted by Gasteiger charge is -2.29. The monoisotopic (exact) mass is 510 g/mol. The molecule has 2 aromatic heterocycles. The Balaban J connectivity index is 1.86. The summed E-state index contributed by atoms with van der Waals surface area (Å²) in [5, 5.41) is 10.1. The normalized spacial score (nSPS) is 14.1. The van der Waals surface area contributed by atoms with Gasteiger partial charge in [-0.15, -0.1) is 0 Å². The first-order valence-corrected chi connectivity index (χ1v) is 13.3. The fourth-order valence-corrected chi connectivity index (χ4v) is 4.48. The minimum Gasteiger partial charge on any atom is -0.388 e. The number of hydrogen-bond donors (Lipinski definition) is 3. The molecule has 1 aliphatic heterocycles. The molecule has 1 aliphatic rings. The summed E-state index contributed by atoms with van der Waals surface area (Å²) in [6.07, 6.45) is 14.0. The van der Waals surface area contributed by atoms with E-state index in [0.29, 0.717) is 5.70 Å². The zero-order chi connectivity index (χ0) is 27.7. The van der Waals surface area contributed by atoms with Crippen LogP contribution in [0.3, 0.4) is 0 Å². The number of piperidine rings is 1. The summed E-state index contributed by atoms with van der Waals surface area (Å²) < 4.78 is 0. The van der Waals surface area contributed by atoms with Gasteiger partial charge >= 0.3 is 0 Å². The van der Waals surface area contributed by atoms with Crippen molar-refractivity contribution in [2.75, 3.05) is 35.7 Å². The summed E-state index contributed by atoms with van der Waals surface area (Å²) in [5.41, 5.74) is 8.95. The van der Waals surface area contributed by atoms with Crippen molar-refractivity contribution in [2.45, 2.75) is 46.5 Å². The predicted octanol–water partition coefficient (Wildman–Crippen LogP) is 7.36. The molecule has 2 aromatic rings. The first-order valence-electron chi connectivity index (χ1n) is 13.3. The third-order valence-corrected chi connectivity index (χ3v) is 6.83. The fourth-order valence-electron chi connectivity index (χ4n) is 4.48. The van der Waals surface area contributed by atoms with Crippen LogP contribution in [0.25, 0.3) is 5.57 Å². The molecule has 38 heavy (non-hydrogen) atoms. The summed E-state index contributed by atoms with van der Waals surface area (Å²) in [6.45, 7) is 25.4. The number of anilines is 3. The van der Waals surface area contributed by atoms with E-state index in [1.54, 1.807) is 6.20 Å². The van der Waals surface area contributed by atoms with E-state index in [9.17, 15) is 0 Å². The van der Waals surface area contributed by atoms with E-state index >= 15 is 0 Å². The van der Waals surface area contributed by atoms with E-state index in [2.05, 4.69) is 71.0 Å². The number of aromatic nitrogens is 2. The van der Waals surface area contributed by atoms with Crippen LogP contribution < -0.4 is 20.9 Å². The molecule has 0 aromatic carbocycles. The van der Waals surface area contributed by atoms with Gasteiger partial charge in [0, 0.05) is 72.0 Å². The molecular weight excluding hydrogens is 468 g/mol. The fraction of sp³-hybridized carbons (Fsp3) is 0.312. The Bertz CT molecular complexity index is 1260. The molecule has 200 valence electrons. The molecule has 0 saturated carbocycles. The second-order valence-corrected chi connectivity index (χ2v) is 9.52. The van der Waals surface area contributed by atoms with Crippen LogP contribution in [-0.2, 0) is 0 Å². The highest BCUT2D eigenvalue weighted by Gasteiger charge is 2.18. The molecule has 3 N–H and O–H groups in total.